The molecule has 0 radical (unpaired) electrons. The molecule has 0 bridgehead atoms. The molecule has 0 atom stereocenters. The van der Waals surface area contributed by atoms with Crippen LogP contribution >= 0.6 is 11.6 Å². The maximum atomic E-state index is 11.6. The summed E-state index contributed by atoms with van der Waals surface area (Å²) < 4.78 is 9.94. The van der Waals surface area contributed by atoms with Gasteiger partial charge in [0.1, 0.15) is 5.17 Å². The van der Waals surface area contributed by atoms with Crippen LogP contribution in [0.5, 0.6) is 0 Å². The Hall–Kier alpha value is -1.62. The van der Waals surface area contributed by atoms with Crippen LogP contribution in [0.3, 0.4) is 0 Å². The van der Waals surface area contributed by atoms with E-state index in [0.717, 1.165) is 0 Å². The molecule has 0 saturated heterocycles. The Labute approximate surface area is 104 Å². The first-order valence-electron chi connectivity index (χ1n) is 5.20. The van der Waals surface area contributed by atoms with Crippen molar-refractivity contribution in [3.63, 3.8) is 0 Å². The molecule has 1 aromatic rings. The van der Waals surface area contributed by atoms with Crippen LogP contribution in [0.2, 0.25) is 0 Å². The quantitative estimate of drug-likeness (QED) is 0.462. The summed E-state index contributed by atoms with van der Waals surface area (Å²) in [4.78, 5) is 11.6. The second kappa shape index (κ2) is 6.85. The molecule has 92 valence electrons. The van der Waals surface area contributed by atoms with E-state index >= 15 is 0 Å². The summed E-state index contributed by atoms with van der Waals surface area (Å²) in [6.45, 7) is 3.79. The average Bonchev–Trinajstić information content (AvgIpc) is 2.83. The molecule has 0 unspecified atom stereocenters. The van der Waals surface area contributed by atoms with Crippen LogP contribution in [0.4, 0.5) is 0 Å². The second-order valence-electron chi connectivity index (χ2n) is 2.98. The van der Waals surface area contributed by atoms with Crippen LogP contribution in [0.1, 0.15) is 26.0 Å². The lowest BCUT2D eigenvalue weighted by Crippen LogP contribution is -2.18. The van der Waals surface area contributed by atoms with Crippen LogP contribution in [-0.4, -0.2) is 23.5 Å². The first kappa shape index (κ1) is 13.4. The summed E-state index contributed by atoms with van der Waals surface area (Å²) in [6.07, 6.45) is 1.98. The van der Waals surface area contributed by atoms with Gasteiger partial charge < -0.3 is 9.15 Å². The van der Waals surface area contributed by atoms with Crippen molar-refractivity contribution in [3.05, 3.63) is 24.2 Å². The van der Waals surface area contributed by atoms with E-state index in [-0.39, 0.29) is 12.3 Å². The number of hydrogen-bond acceptors (Lipinski definition) is 5. The van der Waals surface area contributed by atoms with Gasteiger partial charge in [-0.25, -0.2) is 4.79 Å². The van der Waals surface area contributed by atoms with Gasteiger partial charge in [-0.1, -0.05) is 18.5 Å². The molecule has 0 spiro atoms. The number of halogens is 1. The summed E-state index contributed by atoms with van der Waals surface area (Å²) in [6, 6.07) is 3.25. The van der Waals surface area contributed by atoms with E-state index in [0.29, 0.717) is 17.4 Å². The lowest BCUT2D eigenvalue weighted by Gasteiger charge is -2.01. The molecule has 5 nitrogen and oxygen atoms in total. The maximum absolute atomic E-state index is 11.6. The number of rotatable bonds is 5. The van der Waals surface area contributed by atoms with E-state index in [1.165, 1.54) is 6.26 Å². The number of furan rings is 1. The van der Waals surface area contributed by atoms with E-state index in [1.54, 1.807) is 19.1 Å². The highest BCUT2D eigenvalue weighted by Gasteiger charge is 2.18. The normalized spacial score (nSPS) is 12.6. The highest BCUT2D eigenvalue weighted by atomic mass is 35.5. The molecule has 1 rings (SSSR count). The van der Waals surface area contributed by atoms with Crippen molar-refractivity contribution in [3.8, 4) is 0 Å². The van der Waals surface area contributed by atoms with Crippen LogP contribution in [0.25, 0.3) is 0 Å². The third-order valence-corrected chi connectivity index (χ3v) is 2.12. The lowest BCUT2D eigenvalue weighted by atomic mass is 10.3. The number of esters is 1. The fourth-order valence-corrected chi connectivity index (χ4v) is 1.02. The van der Waals surface area contributed by atoms with Gasteiger partial charge in [-0.3, -0.25) is 0 Å². The van der Waals surface area contributed by atoms with Crippen LogP contribution in [0, 0.1) is 0 Å². The van der Waals surface area contributed by atoms with Gasteiger partial charge in [0, 0.05) is 0 Å². The number of ether oxygens (including phenoxy) is 1. The third kappa shape index (κ3) is 4.03. The van der Waals surface area contributed by atoms with Gasteiger partial charge in [-0.05, 0) is 25.5 Å². The molecule has 6 heteroatoms. The van der Waals surface area contributed by atoms with E-state index in [1.807, 2.05) is 6.92 Å². The maximum Gasteiger partial charge on any atom is 0.362 e. The summed E-state index contributed by atoms with van der Waals surface area (Å²) in [7, 11) is 0. The van der Waals surface area contributed by atoms with Gasteiger partial charge in [0.25, 0.3) is 0 Å². The lowest BCUT2D eigenvalue weighted by molar-refractivity contribution is -0.135. The number of carbonyl (C=O) groups is 1. The largest absolute Gasteiger partial charge is 0.462 e. The molecule has 1 heterocycles. The van der Waals surface area contributed by atoms with Gasteiger partial charge in [0.05, 0.1) is 12.9 Å². The van der Waals surface area contributed by atoms with Gasteiger partial charge >= 0.3 is 5.97 Å². The SMILES string of the molecule is CCOC(=O)C(=NN=C(Cl)CC)c1ccco1. The molecular formula is C11H13ClN2O3. The molecule has 0 fully saturated rings. The predicted molar refractivity (Wildman–Crippen MR) is 65.5 cm³/mol. The van der Waals surface area contributed by atoms with E-state index in [2.05, 4.69) is 10.2 Å². The van der Waals surface area contributed by atoms with E-state index < -0.39 is 5.97 Å². The predicted octanol–water partition coefficient (Wildman–Crippen LogP) is 2.59. The second-order valence-corrected chi connectivity index (χ2v) is 3.41. The van der Waals surface area contributed by atoms with Gasteiger partial charge in [0.15, 0.2) is 5.76 Å². The Morgan fingerprint density at radius 3 is 2.76 bits per heavy atom. The molecule has 0 saturated carbocycles. The summed E-state index contributed by atoms with van der Waals surface area (Å²) in [5, 5.41) is 7.78. The van der Waals surface area contributed by atoms with E-state index in [9.17, 15) is 4.79 Å². The molecule has 0 aliphatic heterocycles. The number of carbonyl (C=O) groups excluding carboxylic acids is 1. The van der Waals surface area contributed by atoms with Crippen molar-refractivity contribution in [2.45, 2.75) is 20.3 Å². The standard InChI is InChI=1S/C11H13ClN2O3/c1-3-9(12)13-14-10(11(15)16-4-2)8-6-5-7-17-8/h5-7H,3-4H2,1-2H3. The van der Waals surface area contributed by atoms with Crippen molar-refractivity contribution >= 4 is 28.5 Å². The Balaban J connectivity index is 2.99. The highest BCUT2D eigenvalue weighted by molar-refractivity contribution is 6.65. The minimum atomic E-state index is -0.591. The van der Waals surface area contributed by atoms with Crippen molar-refractivity contribution in [2.24, 2.45) is 10.2 Å². The third-order valence-electron chi connectivity index (χ3n) is 1.77. The zero-order valence-electron chi connectivity index (χ0n) is 9.64. The summed E-state index contributed by atoms with van der Waals surface area (Å²) in [5.74, 6) is -0.292. The van der Waals surface area contributed by atoms with Gasteiger partial charge in [-0.15, -0.1) is 10.2 Å². The smallest absolute Gasteiger partial charge is 0.362 e. The number of nitrogens with zero attached hydrogens (tertiary/aromatic N) is 2. The van der Waals surface area contributed by atoms with Crippen LogP contribution < -0.4 is 0 Å². The van der Waals surface area contributed by atoms with E-state index in [4.69, 9.17) is 20.8 Å². The van der Waals surface area contributed by atoms with Crippen LogP contribution in [0.15, 0.2) is 33.0 Å². The molecular weight excluding hydrogens is 244 g/mol. The van der Waals surface area contributed by atoms with Crippen molar-refractivity contribution < 1.29 is 13.9 Å². The Kier molecular flexibility index (Phi) is 5.42. The first-order chi connectivity index (χ1) is 8.19. The summed E-state index contributed by atoms with van der Waals surface area (Å²) >= 11 is 5.71. The Bertz CT molecular complexity index is 424. The number of hydrogen-bond donors (Lipinski definition) is 0. The molecule has 1 aromatic heterocycles. The zero-order chi connectivity index (χ0) is 12.7. The first-order valence-corrected chi connectivity index (χ1v) is 5.57. The summed E-state index contributed by atoms with van der Waals surface area (Å²) in [5.41, 5.74) is 0.00319. The molecule has 0 aliphatic rings. The highest BCUT2D eigenvalue weighted by Crippen LogP contribution is 2.06. The topological polar surface area (TPSA) is 64.2 Å². The fraction of sp³-hybridized carbons (Fsp3) is 0.364. The van der Waals surface area contributed by atoms with Crippen LogP contribution in [-0.2, 0) is 9.53 Å². The fourth-order valence-electron chi connectivity index (χ4n) is 0.978. The molecule has 17 heavy (non-hydrogen) atoms. The molecule has 0 N–H and O–H groups in total. The van der Waals surface area contributed by atoms with Crippen molar-refractivity contribution in [2.75, 3.05) is 6.61 Å². The Morgan fingerprint density at radius 1 is 1.47 bits per heavy atom. The van der Waals surface area contributed by atoms with Gasteiger partial charge in [-0.2, -0.15) is 0 Å². The molecule has 0 aliphatic carbocycles. The molecule has 0 aromatic carbocycles. The van der Waals surface area contributed by atoms with Crippen molar-refractivity contribution in [1.29, 1.82) is 0 Å². The minimum Gasteiger partial charge on any atom is -0.462 e. The average molecular weight is 257 g/mol. The van der Waals surface area contributed by atoms with Crippen molar-refractivity contribution in [1.82, 2.24) is 0 Å². The zero-order valence-corrected chi connectivity index (χ0v) is 10.4. The Morgan fingerprint density at radius 2 is 2.24 bits per heavy atom. The van der Waals surface area contributed by atoms with Gasteiger partial charge in [0.2, 0.25) is 5.71 Å². The minimum absolute atomic E-state index is 0.00319. The monoisotopic (exact) mass is 256 g/mol. The molecule has 0 amide bonds.